The van der Waals surface area contributed by atoms with Gasteiger partial charge < -0.3 is 14.8 Å². The molecule has 1 aliphatic heterocycles. The van der Waals surface area contributed by atoms with Crippen LogP contribution in [0, 0.1) is 5.92 Å². The van der Waals surface area contributed by atoms with Gasteiger partial charge in [-0.25, -0.2) is 4.98 Å². The Hall–Kier alpha value is -2.14. The van der Waals surface area contributed by atoms with Crippen molar-refractivity contribution in [3.8, 4) is 5.69 Å². The second-order valence-corrected chi connectivity index (χ2v) is 5.83. The minimum Gasteiger partial charge on any atom is -0.338 e. The summed E-state index contributed by atoms with van der Waals surface area (Å²) in [5.74, 6) is 0.700. The third-order valence-corrected chi connectivity index (χ3v) is 4.22. The fourth-order valence-electron chi connectivity index (χ4n) is 3.08. The first kappa shape index (κ1) is 14.8. The smallest absolute Gasteiger partial charge is 0.253 e. The molecule has 1 atom stereocenters. The molecule has 3 rings (SSSR count). The molecule has 5 nitrogen and oxygen atoms in total. The summed E-state index contributed by atoms with van der Waals surface area (Å²) < 4.78 is 1.93. The number of piperidine rings is 1. The second kappa shape index (κ2) is 6.75. The highest BCUT2D eigenvalue weighted by Crippen LogP contribution is 2.19. The Balaban J connectivity index is 1.69. The normalized spacial score (nSPS) is 18.4. The molecule has 2 aromatic rings. The van der Waals surface area contributed by atoms with Crippen molar-refractivity contribution in [3.63, 3.8) is 0 Å². The lowest BCUT2D eigenvalue weighted by Gasteiger charge is -2.32. The van der Waals surface area contributed by atoms with Crippen molar-refractivity contribution in [3.05, 3.63) is 48.5 Å². The van der Waals surface area contributed by atoms with Crippen molar-refractivity contribution < 1.29 is 4.79 Å². The van der Waals surface area contributed by atoms with E-state index in [4.69, 9.17) is 0 Å². The van der Waals surface area contributed by atoms with Crippen LogP contribution in [0.25, 0.3) is 5.69 Å². The van der Waals surface area contributed by atoms with Gasteiger partial charge in [0.1, 0.15) is 0 Å². The topological polar surface area (TPSA) is 50.2 Å². The maximum Gasteiger partial charge on any atom is 0.253 e. The van der Waals surface area contributed by atoms with E-state index in [2.05, 4.69) is 10.3 Å². The van der Waals surface area contributed by atoms with Crippen molar-refractivity contribution in [1.82, 2.24) is 19.8 Å². The van der Waals surface area contributed by atoms with E-state index in [1.807, 2.05) is 47.0 Å². The summed E-state index contributed by atoms with van der Waals surface area (Å²) in [6.07, 6.45) is 7.68. The van der Waals surface area contributed by atoms with Gasteiger partial charge in [0.25, 0.3) is 5.91 Å². The molecule has 0 aliphatic carbocycles. The van der Waals surface area contributed by atoms with Crippen molar-refractivity contribution in [1.29, 1.82) is 0 Å². The third-order valence-electron chi connectivity index (χ3n) is 4.22. The first-order chi connectivity index (χ1) is 10.8. The molecule has 116 valence electrons. The molecule has 1 aromatic heterocycles. The molecule has 5 heteroatoms. The molecule has 1 aromatic carbocycles. The first-order valence-corrected chi connectivity index (χ1v) is 7.80. The molecule has 1 saturated heterocycles. The number of carbonyl (C=O) groups excluding carboxylic acids is 1. The number of amides is 1. The van der Waals surface area contributed by atoms with Crippen LogP contribution >= 0.6 is 0 Å². The van der Waals surface area contributed by atoms with E-state index >= 15 is 0 Å². The monoisotopic (exact) mass is 298 g/mol. The van der Waals surface area contributed by atoms with Crippen molar-refractivity contribution >= 4 is 5.91 Å². The molecule has 1 amide bonds. The third kappa shape index (κ3) is 3.20. The van der Waals surface area contributed by atoms with E-state index in [9.17, 15) is 4.79 Å². The fraction of sp³-hybridized carbons (Fsp3) is 0.412. The van der Waals surface area contributed by atoms with Gasteiger partial charge in [-0.1, -0.05) is 0 Å². The lowest BCUT2D eigenvalue weighted by atomic mass is 9.97. The zero-order valence-electron chi connectivity index (χ0n) is 12.9. The van der Waals surface area contributed by atoms with Crippen molar-refractivity contribution in [2.75, 3.05) is 26.7 Å². The number of hydrogen-bond acceptors (Lipinski definition) is 3. The van der Waals surface area contributed by atoms with Crippen LogP contribution in [0.2, 0.25) is 0 Å². The standard InChI is InChI=1S/C17H22N4O/c1-18-11-14-3-2-9-20(12-14)17(22)15-4-6-16(7-5-15)21-10-8-19-13-21/h4-8,10,13-14,18H,2-3,9,11-12H2,1H3. The molecule has 0 radical (unpaired) electrons. The van der Waals surface area contributed by atoms with E-state index in [1.54, 1.807) is 12.5 Å². The van der Waals surface area contributed by atoms with Gasteiger partial charge in [0.2, 0.25) is 0 Å². The largest absolute Gasteiger partial charge is 0.338 e. The van der Waals surface area contributed by atoms with Gasteiger partial charge in [-0.15, -0.1) is 0 Å². The number of rotatable bonds is 4. The van der Waals surface area contributed by atoms with Crippen LogP contribution in [-0.2, 0) is 0 Å². The quantitative estimate of drug-likeness (QED) is 0.938. The lowest BCUT2D eigenvalue weighted by molar-refractivity contribution is 0.0674. The number of imidazole rings is 1. The Kier molecular flexibility index (Phi) is 4.53. The number of likely N-dealkylation sites (tertiary alicyclic amines) is 1. The summed E-state index contributed by atoms with van der Waals surface area (Å²) >= 11 is 0. The summed E-state index contributed by atoms with van der Waals surface area (Å²) in [5.41, 5.74) is 1.77. The highest BCUT2D eigenvalue weighted by molar-refractivity contribution is 5.94. The van der Waals surface area contributed by atoms with E-state index in [0.29, 0.717) is 5.92 Å². The van der Waals surface area contributed by atoms with E-state index < -0.39 is 0 Å². The zero-order valence-corrected chi connectivity index (χ0v) is 12.9. The van der Waals surface area contributed by atoms with Gasteiger partial charge in [0.05, 0.1) is 6.33 Å². The van der Waals surface area contributed by atoms with Crippen LogP contribution in [-0.4, -0.2) is 47.0 Å². The predicted octanol–water partition coefficient (Wildman–Crippen LogP) is 1.94. The summed E-state index contributed by atoms with van der Waals surface area (Å²) in [5, 5.41) is 3.21. The Bertz CT molecular complexity index is 604. The van der Waals surface area contributed by atoms with Crippen molar-refractivity contribution in [2.45, 2.75) is 12.8 Å². The number of nitrogens with zero attached hydrogens (tertiary/aromatic N) is 3. The molecule has 0 saturated carbocycles. The molecule has 1 fully saturated rings. The van der Waals surface area contributed by atoms with Crippen LogP contribution in [0.1, 0.15) is 23.2 Å². The minimum absolute atomic E-state index is 0.137. The average Bonchev–Trinajstić information content (AvgIpc) is 3.09. The Labute approximate surface area is 131 Å². The van der Waals surface area contributed by atoms with Crippen LogP contribution in [0.3, 0.4) is 0 Å². The molecule has 0 spiro atoms. The first-order valence-electron chi connectivity index (χ1n) is 7.80. The summed E-state index contributed by atoms with van der Waals surface area (Å²) in [7, 11) is 1.97. The van der Waals surface area contributed by atoms with E-state index in [-0.39, 0.29) is 5.91 Å². The summed E-state index contributed by atoms with van der Waals surface area (Å²) in [6.45, 7) is 2.69. The lowest BCUT2D eigenvalue weighted by Crippen LogP contribution is -2.42. The van der Waals surface area contributed by atoms with Crippen LogP contribution in [0.15, 0.2) is 43.0 Å². The highest BCUT2D eigenvalue weighted by atomic mass is 16.2. The molecule has 1 aliphatic rings. The summed E-state index contributed by atoms with van der Waals surface area (Å²) in [6, 6.07) is 7.73. The minimum atomic E-state index is 0.137. The number of nitrogens with one attached hydrogen (secondary N) is 1. The molecular weight excluding hydrogens is 276 g/mol. The number of carbonyl (C=O) groups is 1. The molecule has 22 heavy (non-hydrogen) atoms. The maximum atomic E-state index is 12.6. The van der Waals surface area contributed by atoms with E-state index in [1.165, 1.54) is 6.42 Å². The highest BCUT2D eigenvalue weighted by Gasteiger charge is 2.23. The Morgan fingerprint density at radius 2 is 2.18 bits per heavy atom. The number of hydrogen-bond donors (Lipinski definition) is 1. The van der Waals surface area contributed by atoms with Gasteiger partial charge in [0, 0.05) is 36.7 Å². The average molecular weight is 298 g/mol. The van der Waals surface area contributed by atoms with Gasteiger partial charge in [-0.05, 0) is 56.6 Å². The zero-order chi connectivity index (χ0) is 15.4. The van der Waals surface area contributed by atoms with Crippen LogP contribution < -0.4 is 5.32 Å². The van der Waals surface area contributed by atoms with E-state index in [0.717, 1.165) is 37.3 Å². The second-order valence-electron chi connectivity index (χ2n) is 5.83. The SMILES string of the molecule is CNCC1CCCN(C(=O)c2ccc(-n3ccnc3)cc2)C1. The van der Waals surface area contributed by atoms with Gasteiger partial charge in [-0.3, -0.25) is 4.79 Å². The van der Waals surface area contributed by atoms with Crippen LogP contribution in [0.4, 0.5) is 0 Å². The van der Waals surface area contributed by atoms with Crippen molar-refractivity contribution in [2.24, 2.45) is 5.92 Å². The Morgan fingerprint density at radius 3 is 2.86 bits per heavy atom. The van der Waals surface area contributed by atoms with Gasteiger partial charge >= 0.3 is 0 Å². The van der Waals surface area contributed by atoms with Crippen LogP contribution in [0.5, 0.6) is 0 Å². The molecule has 1 unspecified atom stereocenters. The maximum absolute atomic E-state index is 12.6. The predicted molar refractivity (Wildman–Crippen MR) is 86.1 cm³/mol. The summed E-state index contributed by atoms with van der Waals surface area (Å²) in [4.78, 5) is 18.7. The fourth-order valence-corrected chi connectivity index (χ4v) is 3.08. The Morgan fingerprint density at radius 1 is 1.36 bits per heavy atom. The van der Waals surface area contributed by atoms with Gasteiger partial charge in [0.15, 0.2) is 0 Å². The van der Waals surface area contributed by atoms with Gasteiger partial charge in [-0.2, -0.15) is 0 Å². The number of aromatic nitrogens is 2. The number of benzene rings is 1. The molecular formula is C17H22N4O. The molecule has 1 N–H and O–H groups in total. The molecule has 0 bridgehead atoms. The molecule has 2 heterocycles.